The number of urea groups is 1. The number of carbonyl (C=O) groups is 2. The molecule has 3 aliphatic rings. The smallest absolute Gasteiger partial charge is 0.317 e. The molecular weight excluding hydrogens is 340 g/mol. The first-order chi connectivity index (χ1) is 12.5. The third kappa shape index (κ3) is 2.94. The second-order valence-corrected chi connectivity index (χ2v) is 7.62. The molecule has 0 bridgehead atoms. The molecular formula is C17H24N4O5. The standard InChI is InChI=1S/C17H24N4O5/c1-10-19-14(26-20-10)13-5-4-12(25-13)7-18-16(24)21-8-11-3-2-6-17(11,9-21)15(22)23/h11-13H,2-9H2,1H3,(H,18,24)(H,22,23)/t11-,12+,13-,17+/m0/s1. The van der Waals surface area contributed by atoms with Crippen LogP contribution in [0.5, 0.6) is 0 Å². The number of rotatable bonds is 4. The summed E-state index contributed by atoms with van der Waals surface area (Å²) in [4.78, 5) is 30.0. The second kappa shape index (κ2) is 6.53. The monoisotopic (exact) mass is 364 g/mol. The van der Waals surface area contributed by atoms with Crippen molar-refractivity contribution < 1.29 is 24.0 Å². The van der Waals surface area contributed by atoms with Crippen molar-refractivity contribution in [3.05, 3.63) is 11.7 Å². The van der Waals surface area contributed by atoms with Crippen LogP contribution in [-0.4, -0.2) is 57.9 Å². The van der Waals surface area contributed by atoms with E-state index in [1.54, 1.807) is 11.8 Å². The number of hydrogen-bond donors (Lipinski definition) is 2. The van der Waals surface area contributed by atoms with Gasteiger partial charge in [0.15, 0.2) is 5.82 Å². The summed E-state index contributed by atoms with van der Waals surface area (Å²) >= 11 is 0. The van der Waals surface area contributed by atoms with Gasteiger partial charge in [-0.2, -0.15) is 4.98 Å². The van der Waals surface area contributed by atoms with E-state index in [0.717, 1.165) is 25.7 Å². The minimum Gasteiger partial charge on any atom is -0.481 e. The zero-order valence-corrected chi connectivity index (χ0v) is 14.8. The topological polar surface area (TPSA) is 118 Å². The Hall–Kier alpha value is -2.16. The number of amides is 2. The maximum Gasteiger partial charge on any atom is 0.317 e. The van der Waals surface area contributed by atoms with E-state index in [2.05, 4.69) is 15.5 Å². The van der Waals surface area contributed by atoms with Crippen molar-refractivity contribution in [1.82, 2.24) is 20.4 Å². The average molecular weight is 364 g/mol. The van der Waals surface area contributed by atoms with E-state index in [4.69, 9.17) is 9.26 Å². The minimum absolute atomic E-state index is 0.0682. The quantitative estimate of drug-likeness (QED) is 0.831. The summed E-state index contributed by atoms with van der Waals surface area (Å²) in [6, 6.07) is -0.208. The number of nitrogens with one attached hydrogen (secondary N) is 1. The number of carboxylic acid groups (broad SMARTS) is 1. The predicted molar refractivity (Wildman–Crippen MR) is 88.3 cm³/mol. The van der Waals surface area contributed by atoms with Gasteiger partial charge in [0.1, 0.15) is 6.10 Å². The van der Waals surface area contributed by atoms with Crippen LogP contribution >= 0.6 is 0 Å². The fourth-order valence-corrected chi connectivity index (χ4v) is 4.59. The van der Waals surface area contributed by atoms with Gasteiger partial charge in [-0.05, 0) is 38.5 Å². The van der Waals surface area contributed by atoms with Crippen molar-refractivity contribution in [3.63, 3.8) is 0 Å². The number of aromatic nitrogens is 2. The van der Waals surface area contributed by atoms with Crippen LogP contribution in [0.25, 0.3) is 0 Å². The Morgan fingerprint density at radius 3 is 2.92 bits per heavy atom. The Morgan fingerprint density at radius 1 is 1.38 bits per heavy atom. The number of hydrogen-bond acceptors (Lipinski definition) is 6. The van der Waals surface area contributed by atoms with E-state index < -0.39 is 11.4 Å². The zero-order valence-electron chi connectivity index (χ0n) is 14.8. The molecule has 1 aromatic heterocycles. The minimum atomic E-state index is -0.771. The van der Waals surface area contributed by atoms with Crippen LogP contribution in [0.15, 0.2) is 4.52 Å². The molecule has 2 N–H and O–H groups in total. The predicted octanol–water partition coefficient (Wildman–Crippen LogP) is 1.49. The molecule has 0 unspecified atom stereocenters. The molecule has 2 amide bonds. The highest BCUT2D eigenvalue weighted by atomic mass is 16.5. The van der Waals surface area contributed by atoms with Crippen LogP contribution in [0.2, 0.25) is 0 Å². The molecule has 3 heterocycles. The maximum absolute atomic E-state index is 12.5. The molecule has 1 saturated carbocycles. The van der Waals surface area contributed by atoms with Gasteiger partial charge in [0.05, 0.1) is 11.5 Å². The zero-order chi connectivity index (χ0) is 18.3. The van der Waals surface area contributed by atoms with Crippen molar-refractivity contribution in [1.29, 1.82) is 0 Å². The largest absolute Gasteiger partial charge is 0.481 e. The van der Waals surface area contributed by atoms with E-state index >= 15 is 0 Å². The first kappa shape index (κ1) is 17.3. The molecule has 3 fully saturated rings. The first-order valence-electron chi connectivity index (χ1n) is 9.20. The van der Waals surface area contributed by atoms with Crippen molar-refractivity contribution in [2.24, 2.45) is 11.3 Å². The average Bonchev–Trinajstić information content (AvgIpc) is 3.34. The fourth-order valence-electron chi connectivity index (χ4n) is 4.59. The van der Waals surface area contributed by atoms with Crippen LogP contribution in [0.3, 0.4) is 0 Å². The second-order valence-electron chi connectivity index (χ2n) is 7.62. The number of carboxylic acids is 1. The van der Waals surface area contributed by atoms with E-state index in [-0.39, 0.29) is 24.2 Å². The number of ether oxygens (including phenoxy) is 1. The van der Waals surface area contributed by atoms with Gasteiger partial charge in [-0.1, -0.05) is 11.6 Å². The molecule has 9 nitrogen and oxygen atoms in total. The fraction of sp³-hybridized carbons (Fsp3) is 0.765. The summed E-state index contributed by atoms with van der Waals surface area (Å²) in [6.45, 7) is 2.97. The van der Waals surface area contributed by atoms with Gasteiger partial charge >= 0.3 is 12.0 Å². The SMILES string of the molecule is Cc1noc([C@@H]2CC[C@H](CNC(=O)N3C[C@@H]4CCC[C@@]4(C(=O)O)C3)O2)n1. The summed E-state index contributed by atoms with van der Waals surface area (Å²) in [5.74, 6) is 0.352. The molecule has 1 aromatic rings. The maximum atomic E-state index is 12.5. The normalized spacial score (nSPS) is 33.4. The van der Waals surface area contributed by atoms with Crippen LogP contribution in [0, 0.1) is 18.3 Å². The Balaban J connectivity index is 1.28. The van der Waals surface area contributed by atoms with Gasteiger partial charge in [-0.25, -0.2) is 4.79 Å². The number of likely N-dealkylation sites (tertiary alicyclic amines) is 1. The summed E-state index contributed by atoms with van der Waals surface area (Å²) in [6.07, 6.45) is 3.72. The molecule has 1 aliphatic carbocycles. The molecule has 2 saturated heterocycles. The van der Waals surface area contributed by atoms with E-state index in [1.165, 1.54) is 0 Å². The highest BCUT2D eigenvalue weighted by Crippen LogP contribution is 2.48. The molecule has 4 atom stereocenters. The van der Waals surface area contributed by atoms with E-state index in [1.807, 2.05) is 0 Å². The molecule has 26 heavy (non-hydrogen) atoms. The Kier molecular flexibility index (Phi) is 4.34. The molecule has 4 rings (SSSR count). The van der Waals surface area contributed by atoms with Gasteiger partial charge in [0, 0.05) is 19.6 Å². The lowest BCUT2D eigenvalue weighted by Gasteiger charge is -2.23. The molecule has 0 radical (unpaired) electrons. The number of carbonyl (C=O) groups excluding carboxylic acids is 1. The molecule has 9 heteroatoms. The molecule has 0 spiro atoms. The van der Waals surface area contributed by atoms with Crippen molar-refractivity contribution in [3.8, 4) is 0 Å². The van der Waals surface area contributed by atoms with Gasteiger partial charge in [-0.3, -0.25) is 4.79 Å². The number of fused-ring (bicyclic) bond motifs is 1. The lowest BCUT2D eigenvalue weighted by molar-refractivity contribution is -0.149. The van der Waals surface area contributed by atoms with Gasteiger partial charge in [0.25, 0.3) is 5.89 Å². The van der Waals surface area contributed by atoms with Crippen molar-refractivity contribution >= 4 is 12.0 Å². The van der Waals surface area contributed by atoms with E-state index in [9.17, 15) is 14.7 Å². The number of nitrogens with zero attached hydrogens (tertiary/aromatic N) is 3. The Morgan fingerprint density at radius 2 is 2.23 bits per heavy atom. The van der Waals surface area contributed by atoms with Crippen LogP contribution in [0.4, 0.5) is 4.79 Å². The van der Waals surface area contributed by atoms with Crippen LogP contribution in [-0.2, 0) is 9.53 Å². The lowest BCUT2D eigenvalue weighted by atomic mass is 9.81. The Bertz CT molecular complexity index is 707. The van der Waals surface area contributed by atoms with Crippen molar-refractivity contribution in [2.45, 2.75) is 51.2 Å². The summed E-state index contributed by atoms with van der Waals surface area (Å²) in [7, 11) is 0. The summed E-state index contributed by atoms with van der Waals surface area (Å²) in [5, 5.41) is 16.3. The highest BCUT2D eigenvalue weighted by Gasteiger charge is 2.55. The van der Waals surface area contributed by atoms with Gasteiger partial charge in [-0.15, -0.1) is 0 Å². The van der Waals surface area contributed by atoms with E-state index in [0.29, 0.717) is 37.8 Å². The third-order valence-electron chi connectivity index (χ3n) is 5.99. The number of aryl methyl sites for hydroxylation is 1. The Labute approximate surface area is 151 Å². The molecule has 2 aliphatic heterocycles. The van der Waals surface area contributed by atoms with Crippen LogP contribution < -0.4 is 5.32 Å². The summed E-state index contributed by atoms with van der Waals surface area (Å²) in [5.41, 5.74) is -0.748. The third-order valence-corrected chi connectivity index (χ3v) is 5.99. The first-order valence-corrected chi connectivity index (χ1v) is 9.20. The van der Waals surface area contributed by atoms with Crippen LogP contribution in [0.1, 0.15) is 49.9 Å². The molecule has 142 valence electrons. The van der Waals surface area contributed by atoms with Gasteiger partial charge < -0.3 is 24.6 Å². The van der Waals surface area contributed by atoms with Crippen molar-refractivity contribution in [2.75, 3.05) is 19.6 Å². The lowest BCUT2D eigenvalue weighted by Crippen LogP contribution is -2.43. The summed E-state index contributed by atoms with van der Waals surface area (Å²) < 4.78 is 11.0. The molecule has 0 aromatic carbocycles. The highest BCUT2D eigenvalue weighted by molar-refractivity contribution is 5.80. The number of aliphatic carboxylic acids is 1. The van der Waals surface area contributed by atoms with Gasteiger partial charge in [0.2, 0.25) is 0 Å².